The highest BCUT2D eigenvalue weighted by Crippen LogP contribution is 2.15. The third kappa shape index (κ3) is 3.60. The number of hydrogen-bond donors (Lipinski definition) is 1. The Bertz CT molecular complexity index is 813. The Kier molecular flexibility index (Phi) is 4.14. The molecule has 5 nitrogen and oxygen atoms in total. The first-order chi connectivity index (χ1) is 11.1. The number of halogens is 1. The lowest BCUT2D eigenvalue weighted by Gasteiger charge is -2.07. The van der Waals surface area contributed by atoms with Crippen molar-refractivity contribution in [2.45, 2.75) is 13.5 Å². The van der Waals surface area contributed by atoms with Crippen molar-refractivity contribution in [1.29, 1.82) is 0 Å². The van der Waals surface area contributed by atoms with E-state index >= 15 is 0 Å². The van der Waals surface area contributed by atoms with E-state index in [1.165, 1.54) is 12.4 Å². The van der Waals surface area contributed by atoms with Gasteiger partial charge in [-0.3, -0.25) is 4.79 Å². The summed E-state index contributed by atoms with van der Waals surface area (Å²) in [7, 11) is 0. The molecule has 0 bridgehead atoms. The lowest BCUT2D eigenvalue weighted by molar-refractivity contribution is 0.102. The van der Waals surface area contributed by atoms with Gasteiger partial charge in [0.15, 0.2) is 0 Å². The first-order valence-electron chi connectivity index (χ1n) is 7.11. The molecule has 1 heterocycles. The maximum Gasteiger partial charge on any atom is 0.255 e. The molecule has 0 unspecified atom stereocenters. The number of benzene rings is 2. The van der Waals surface area contributed by atoms with Gasteiger partial charge in [-0.25, -0.2) is 14.1 Å². The molecule has 0 spiro atoms. The van der Waals surface area contributed by atoms with Crippen LogP contribution < -0.4 is 5.32 Å². The quantitative estimate of drug-likeness (QED) is 0.806. The molecule has 23 heavy (non-hydrogen) atoms. The fraction of sp³-hybridized carbons (Fsp3) is 0.118. The van der Waals surface area contributed by atoms with E-state index in [2.05, 4.69) is 15.4 Å². The van der Waals surface area contributed by atoms with E-state index < -0.39 is 0 Å². The second-order valence-electron chi connectivity index (χ2n) is 5.21. The van der Waals surface area contributed by atoms with E-state index in [0.717, 1.165) is 5.56 Å². The van der Waals surface area contributed by atoms with Gasteiger partial charge in [-0.2, -0.15) is 5.10 Å². The van der Waals surface area contributed by atoms with E-state index in [1.54, 1.807) is 42.2 Å². The lowest BCUT2D eigenvalue weighted by Crippen LogP contribution is -2.12. The molecule has 0 atom stereocenters. The summed E-state index contributed by atoms with van der Waals surface area (Å²) in [5.41, 5.74) is 2.49. The number of aromatic nitrogens is 3. The standard InChI is InChI=1S/C17H15FN4O/c1-12-2-7-15(8-16(12)18)21-17(23)14-5-3-13(4-6-14)9-22-11-19-10-20-22/h2-8,10-11H,9H2,1H3,(H,21,23). The van der Waals surface area contributed by atoms with Gasteiger partial charge in [0.1, 0.15) is 18.5 Å². The fourth-order valence-electron chi connectivity index (χ4n) is 2.14. The van der Waals surface area contributed by atoms with Crippen LogP contribution >= 0.6 is 0 Å². The van der Waals surface area contributed by atoms with Crippen molar-refractivity contribution in [3.63, 3.8) is 0 Å². The normalized spacial score (nSPS) is 10.5. The van der Waals surface area contributed by atoms with E-state index in [-0.39, 0.29) is 11.7 Å². The van der Waals surface area contributed by atoms with Crippen LogP contribution in [0.1, 0.15) is 21.5 Å². The molecule has 1 amide bonds. The van der Waals surface area contributed by atoms with Crippen molar-refractivity contribution in [3.8, 4) is 0 Å². The smallest absolute Gasteiger partial charge is 0.255 e. The van der Waals surface area contributed by atoms with Crippen molar-refractivity contribution in [1.82, 2.24) is 14.8 Å². The second-order valence-corrected chi connectivity index (χ2v) is 5.21. The third-order valence-corrected chi connectivity index (χ3v) is 3.46. The zero-order chi connectivity index (χ0) is 16.2. The van der Waals surface area contributed by atoms with Gasteiger partial charge < -0.3 is 5.32 Å². The minimum absolute atomic E-state index is 0.277. The number of rotatable bonds is 4. The lowest BCUT2D eigenvalue weighted by atomic mass is 10.1. The zero-order valence-corrected chi connectivity index (χ0v) is 12.5. The number of hydrogen-bond acceptors (Lipinski definition) is 3. The van der Waals surface area contributed by atoms with Gasteiger partial charge in [-0.15, -0.1) is 0 Å². The van der Waals surface area contributed by atoms with Gasteiger partial charge in [-0.05, 0) is 42.3 Å². The third-order valence-electron chi connectivity index (χ3n) is 3.46. The Labute approximate surface area is 132 Å². The molecule has 3 aromatic rings. The van der Waals surface area contributed by atoms with Crippen LogP contribution in [-0.4, -0.2) is 20.7 Å². The predicted octanol–water partition coefficient (Wildman–Crippen LogP) is 3.03. The molecule has 0 saturated heterocycles. The molecule has 0 saturated carbocycles. The Morgan fingerprint density at radius 1 is 1.22 bits per heavy atom. The van der Waals surface area contributed by atoms with Crippen LogP contribution in [0.2, 0.25) is 0 Å². The highest BCUT2D eigenvalue weighted by atomic mass is 19.1. The van der Waals surface area contributed by atoms with Gasteiger partial charge in [0.2, 0.25) is 0 Å². The molecule has 116 valence electrons. The number of carbonyl (C=O) groups is 1. The van der Waals surface area contributed by atoms with Crippen molar-refractivity contribution in [2.75, 3.05) is 5.32 Å². The molecule has 1 N–H and O–H groups in total. The van der Waals surface area contributed by atoms with Gasteiger partial charge in [0.25, 0.3) is 5.91 Å². The van der Waals surface area contributed by atoms with E-state index in [9.17, 15) is 9.18 Å². The largest absolute Gasteiger partial charge is 0.322 e. The number of amides is 1. The SMILES string of the molecule is Cc1ccc(NC(=O)c2ccc(Cn3cncn3)cc2)cc1F. The summed E-state index contributed by atoms with van der Waals surface area (Å²) in [6, 6.07) is 11.8. The Morgan fingerprint density at radius 3 is 2.65 bits per heavy atom. The first-order valence-corrected chi connectivity index (χ1v) is 7.11. The molecule has 3 rings (SSSR count). The molecule has 6 heteroatoms. The summed E-state index contributed by atoms with van der Waals surface area (Å²) in [4.78, 5) is 16.1. The maximum absolute atomic E-state index is 13.5. The van der Waals surface area contributed by atoms with Gasteiger partial charge in [-0.1, -0.05) is 18.2 Å². The molecule has 0 aliphatic carbocycles. The number of carbonyl (C=O) groups excluding carboxylic acids is 1. The van der Waals surface area contributed by atoms with Crippen LogP contribution in [0.25, 0.3) is 0 Å². The van der Waals surface area contributed by atoms with Crippen molar-refractivity contribution < 1.29 is 9.18 Å². The molecular formula is C17H15FN4O. The van der Waals surface area contributed by atoms with Crippen molar-refractivity contribution >= 4 is 11.6 Å². The zero-order valence-electron chi connectivity index (χ0n) is 12.5. The summed E-state index contributed by atoms with van der Waals surface area (Å²) in [5, 5.41) is 6.72. The topological polar surface area (TPSA) is 59.8 Å². The number of aryl methyl sites for hydroxylation is 1. The molecule has 0 aliphatic rings. The van der Waals surface area contributed by atoms with Crippen molar-refractivity contribution in [3.05, 3.63) is 77.6 Å². The molecule has 0 radical (unpaired) electrons. The van der Waals surface area contributed by atoms with Crippen LogP contribution in [0.3, 0.4) is 0 Å². The van der Waals surface area contributed by atoms with Crippen LogP contribution in [0, 0.1) is 12.7 Å². The Balaban J connectivity index is 1.68. The minimum atomic E-state index is -0.342. The highest BCUT2D eigenvalue weighted by molar-refractivity contribution is 6.04. The highest BCUT2D eigenvalue weighted by Gasteiger charge is 2.07. The molecule has 2 aromatic carbocycles. The number of nitrogens with one attached hydrogen (secondary N) is 1. The second kappa shape index (κ2) is 6.39. The Morgan fingerprint density at radius 2 is 2.00 bits per heavy atom. The van der Waals surface area contributed by atoms with Crippen LogP contribution in [0.15, 0.2) is 55.1 Å². The summed E-state index contributed by atoms with van der Waals surface area (Å²) >= 11 is 0. The van der Waals surface area contributed by atoms with Gasteiger partial charge in [0.05, 0.1) is 6.54 Å². The monoisotopic (exact) mass is 310 g/mol. The number of nitrogens with zero attached hydrogens (tertiary/aromatic N) is 3. The minimum Gasteiger partial charge on any atom is -0.322 e. The van der Waals surface area contributed by atoms with Gasteiger partial charge >= 0.3 is 0 Å². The predicted molar refractivity (Wildman–Crippen MR) is 84.7 cm³/mol. The summed E-state index contributed by atoms with van der Waals surface area (Å²) in [5.74, 6) is -0.619. The van der Waals surface area contributed by atoms with Crippen molar-refractivity contribution in [2.24, 2.45) is 0 Å². The van der Waals surface area contributed by atoms with Crippen LogP contribution in [0.5, 0.6) is 0 Å². The Hall–Kier alpha value is -3.02. The summed E-state index contributed by atoms with van der Waals surface area (Å²) in [6.45, 7) is 2.26. The molecule has 0 aliphatic heterocycles. The van der Waals surface area contributed by atoms with E-state index in [1.807, 2.05) is 12.1 Å². The average Bonchev–Trinajstić information content (AvgIpc) is 3.04. The molecular weight excluding hydrogens is 295 g/mol. The summed E-state index contributed by atoms with van der Waals surface area (Å²) in [6.07, 6.45) is 3.11. The maximum atomic E-state index is 13.5. The van der Waals surface area contributed by atoms with E-state index in [4.69, 9.17) is 0 Å². The summed E-state index contributed by atoms with van der Waals surface area (Å²) < 4.78 is 15.2. The fourth-order valence-corrected chi connectivity index (χ4v) is 2.14. The molecule has 0 fully saturated rings. The van der Waals surface area contributed by atoms with Crippen LogP contribution in [0.4, 0.5) is 10.1 Å². The number of anilines is 1. The van der Waals surface area contributed by atoms with E-state index in [0.29, 0.717) is 23.4 Å². The molecule has 1 aromatic heterocycles. The average molecular weight is 310 g/mol. The first kappa shape index (κ1) is 14.9. The van der Waals surface area contributed by atoms with Gasteiger partial charge in [0, 0.05) is 11.3 Å². The van der Waals surface area contributed by atoms with Crippen LogP contribution in [-0.2, 0) is 6.54 Å².